The second-order valence-corrected chi connectivity index (χ2v) is 8.71. The van der Waals surface area contributed by atoms with Crippen LogP contribution < -0.4 is 4.74 Å². The van der Waals surface area contributed by atoms with Gasteiger partial charge in [0.05, 0.1) is 11.6 Å². The smallest absolute Gasteiger partial charge is 0.138 e. The minimum Gasteiger partial charge on any atom is -0.489 e. The highest BCUT2D eigenvalue weighted by atomic mass is 35.5. The Kier molecular flexibility index (Phi) is 7.33. The van der Waals surface area contributed by atoms with Gasteiger partial charge in [-0.05, 0) is 55.8 Å². The summed E-state index contributed by atoms with van der Waals surface area (Å²) >= 11 is 12.2. The van der Waals surface area contributed by atoms with Gasteiger partial charge in [-0.25, -0.2) is 0 Å². The summed E-state index contributed by atoms with van der Waals surface area (Å²) in [4.78, 5) is 5.13. The van der Waals surface area contributed by atoms with E-state index in [1.807, 2.05) is 36.4 Å². The van der Waals surface area contributed by atoms with Crippen molar-refractivity contribution in [1.29, 1.82) is 0 Å². The normalized spacial score (nSPS) is 21.9. The summed E-state index contributed by atoms with van der Waals surface area (Å²) in [5.41, 5.74) is 1.33. The van der Waals surface area contributed by atoms with E-state index in [1.165, 1.54) is 18.4 Å². The van der Waals surface area contributed by atoms with Crippen LogP contribution in [0.15, 0.2) is 48.5 Å². The van der Waals surface area contributed by atoms with Crippen molar-refractivity contribution in [2.45, 2.75) is 31.5 Å². The van der Waals surface area contributed by atoms with Crippen molar-refractivity contribution in [3.8, 4) is 5.75 Å². The first-order valence-electron chi connectivity index (χ1n) is 10.4. The van der Waals surface area contributed by atoms with E-state index in [1.54, 1.807) is 0 Å². The largest absolute Gasteiger partial charge is 0.489 e. The van der Waals surface area contributed by atoms with Crippen LogP contribution in [-0.4, -0.2) is 61.3 Å². The number of nitrogens with zero attached hydrogens (tertiary/aromatic N) is 2. The molecule has 2 heterocycles. The quantitative estimate of drug-likeness (QED) is 0.655. The fraction of sp³-hybridized carbons (Fsp3) is 0.478. The topological polar surface area (TPSA) is 24.9 Å². The molecule has 2 aliphatic rings. The fourth-order valence-electron chi connectivity index (χ4n) is 4.21. The Hall–Kier alpha value is -1.30. The third-order valence-corrected chi connectivity index (χ3v) is 6.39. The van der Waals surface area contributed by atoms with Gasteiger partial charge in [0.1, 0.15) is 18.5 Å². The number of hydrogen-bond acceptors (Lipinski definition) is 4. The molecule has 0 N–H and O–H groups in total. The lowest BCUT2D eigenvalue weighted by Crippen LogP contribution is -2.52. The summed E-state index contributed by atoms with van der Waals surface area (Å²) in [6.07, 6.45) is 2.49. The molecule has 0 radical (unpaired) electrons. The molecule has 2 aliphatic heterocycles. The molecule has 0 bridgehead atoms. The molecule has 0 aliphatic carbocycles. The van der Waals surface area contributed by atoms with E-state index in [-0.39, 0.29) is 6.10 Å². The zero-order chi connectivity index (χ0) is 20.1. The van der Waals surface area contributed by atoms with Gasteiger partial charge in [0.25, 0.3) is 0 Å². The molecular weight excluding hydrogens is 407 g/mol. The number of halogens is 2. The third-order valence-electron chi connectivity index (χ3n) is 5.82. The van der Waals surface area contributed by atoms with Crippen molar-refractivity contribution >= 4 is 23.2 Å². The van der Waals surface area contributed by atoms with Gasteiger partial charge in [0.15, 0.2) is 0 Å². The maximum absolute atomic E-state index is 6.18. The molecule has 156 valence electrons. The van der Waals surface area contributed by atoms with E-state index in [0.29, 0.717) is 17.7 Å². The maximum atomic E-state index is 6.18. The van der Waals surface area contributed by atoms with Gasteiger partial charge in [-0.2, -0.15) is 0 Å². The van der Waals surface area contributed by atoms with Crippen LogP contribution >= 0.6 is 23.2 Å². The van der Waals surface area contributed by atoms with Gasteiger partial charge in [0, 0.05) is 30.7 Å². The minimum atomic E-state index is 0.0899. The zero-order valence-corrected chi connectivity index (χ0v) is 18.1. The first kappa shape index (κ1) is 21.0. The minimum absolute atomic E-state index is 0.0899. The summed E-state index contributed by atoms with van der Waals surface area (Å²) in [6.45, 7) is 6.49. The van der Waals surface area contributed by atoms with Crippen LogP contribution in [0.4, 0.5) is 0 Å². The number of ether oxygens (including phenoxy) is 2. The highest BCUT2D eigenvalue weighted by molar-refractivity contribution is 6.32. The van der Waals surface area contributed by atoms with Crippen molar-refractivity contribution < 1.29 is 9.47 Å². The molecule has 0 aromatic heterocycles. The summed E-state index contributed by atoms with van der Waals surface area (Å²) in [5.74, 6) is 0.727. The number of para-hydroxylation sites is 1. The van der Waals surface area contributed by atoms with E-state index in [9.17, 15) is 0 Å². The monoisotopic (exact) mass is 434 g/mol. The van der Waals surface area contributed by atoms with E-state index in [0.717, 1.165) is 50.1 Å². The molecule has 2 aromatic carbocycles. The molecule has 2 aromatic rings. The summed E-state index contributed by atoms with van der Waals surface area (Å²) in [7, 11) is 0. The molecule has 6 heteroatoms. The standard InChI is InChI=1S/C23H28Cl2N2O2/c24-19-7-5-18(6-8-19)15-26-11-9-20(10-12-26)27-13-14-28-21(16-27)17-29-23-4-2-1-3-22(23)25/h1-8,20-21H,9-17H2. The molecule has 4 nitrogen and oxygen atoms in total. The second-order valence-electron chi connectivity index (χ2n) is 7.86. The van der Waals surface area contributed by atoms with E-state index >= 15 is 0 Å². The Morgan fingerprint density at radius 2 is 1.72 bits per heavy atom. The Labute approximate surface area is 183 Å². The number of benzene rings is 2. The first-order chi connectivity index (χ1) is 14.2. The summed E-state index contributed by atoms with van der Waals surface area (Å²) in [6, 6.07) is 16.4. The van der Waals surface area contributed by atoms with Crippen LogP contribution in [0.1, 0.15) is 18.4 Å². The number of rotatable bonds is 6. The Morgan fingerprint density at radius 3 is 2.48 bits per heavy atom. The van der Waals surface area contributed by atoms with Crippen molar-refractivity contribution in [3.63, 3.8) is 0 Å². The van der Waals surface area contributed by atoms with E-state index in [2.05, 4.69) is 21.9 Å². The zero-order valence-electron chi connectivity index (χ0n) is 16.6. The SMILES string of the molecule is Clc1ccc(CN2CCC(N3CCOC(COc4ccccc4Cl)C3)CC2)cc1. The van der Waals surface area contributed by atoms with Crippen LogP contribution in [0.5, 0.6) is 5.75 Å². The Morgan fingerprint density at radius 1 is 0.966 bits per heavy atom. The van der Waals surface area contributed by atoms with Gasteiger partial charge in [-0.15, -0.1) is 0 Å². The lowest BCUT2D eigenvalue weighted by atomic mass is 10.0. The van der Waals surface area contributed by atoms with Crippen LogP contribution in [0, 0.1) is 0 Å². The lowest BCUT2D eigenvalue weighted by molar-refractivity contribution is -0.0674. The number of likely N-dealkylation sites (tertiary alicyclic amines) is 1. The van der Waals surface area contributed by atoms with Crippen LogP contribution in [0.25, 0.3) is 0 Å². The predicted molar refractivity (Wildman–Crippen MR) is 118 cm³/mol. The molecule has 0 spiro atoms. The second kappa shape index (κ2) is 10.1. The number of piperidine rings is 1. The Bertz CT molecular complexity index is 779. The molecule has 2 fully saturated rings. The Balaban J connectivity index is 1.23. The predicted octanol–water partition coefficient (Wildman–Crippen LogP) is 4.74. The van der Waals surface area contributed by atoms with Crippen molar-refractivity contribution in [2.75, 3.05) is 39.4 Å². The van der Waals surface area contributed by atoms with Gasteiger partial charge >= 0.3 is 0 Å². The number of hydrogen-bond donors (Lipinski definition) is 0. The highest BCUT2D eigenvalue weighted by Gasteiger charge is 2.29. The van der Waals surface area contributed by atoms with Gasteiger partial charge in [-0.1, -0.05) is 47.5 Å². The summed E-state index contributed by atoms with van der Waals surface area (Å²) < 4.78 is 11.8. The van der Waals surface area contributed by atoms with Crippen molar-refractivity contribution in [2.24, 2.45) is 0 Å². The molecule has 1 unspecified atom stereocenters. The fourth-order valence-corrected chi connectivity index (χ4v) is 4.53. The van der Waals surface area contributed by atoms with Gasteiger partial charge in [0.2, 0.25) is 0 Å². The average molecular weight is 435 g/mol. The van der Waals surface area contributed by atoms with Crippen LogP contribution in [0.3, 0.4) is 0 Å². The third kappa shape index (κ3) is 5.87. The average Bonchev–Trinajstić information content (AvgIpc) is 2.76. The van der Waals surface area contributed by atoms with Gasteiger partial charge < -0.3 is 9.47 Å². The molecule has 2 saturated heterocycles. The molecular formula is C23H28Cl2N2O2. The van der Waals surface area contributed by atoms with Crippen molar-refractivity contribution in [1.82, 2.24) is 9.80 Å². The molecule has 0 saturated carbocycles. The number of morpholine rings is 1. The molecule has 0 amide bonds. The summed E-state index contributed by atoms with van der Waals surface area (Å²) in [5, 5.41) is 1.45. The molecule has 4 rings (SSSR count). The first-order valence-corrected chi connectivity index (χ1v) is 11.1. The molecule has 1 atom stereocenters. The lowest BCUT2D eigenvalue weighted by Gasteiger charge is -2.42. The van der Waals surface area contributed by atoms with Gasteiger partial charge in [-0.3, -0.25) is 9.80 Å². The highest BCUT2D eigenvalue weighted by Crippen LogP contribution is 2.25. The maximum Gasteiger partial charge on any atom is 0.138 e. The van der Waals surface area contributed by atoms with Crippen LogP contribution in [-0.2, 0) is 11.3 Å². The van der Waals surface area contributed by atoms with E-state index < -0.39 is 0 Å². The van der Waals surface area contributed by atoms with Crippen LogP contribution in [0.2, 0.25) is 10.0 Å². The molecule has 29 heavy (non-hydrogen) atoms. The van der Waals surface area contributed by atoms with Crippen molar-refractivity contribution in [3.05, 3.63) is 64.1 Å². The van der Waals surface area contributed by atoms with E-state index in [4.69, 9.17) is 32.7 Å².